The molecule has 0 radical (unpaired) electrons. The van der Waals surface area contributed by atoms with Gasteiger partial charge in [0.1, 0.15) is 12.4 Å². The summed E-state index contributed by atoms with van der Waals surface area (Å²) in [6.45, 7) is 7.29. The molecule has 0 spiro atoms. The van der Waals surface area contributed by atoms with Crippen molar-refractivity contribution >= 4 is 0 Å². The minimum Gasteiger partial charge on any atom is -0.492 e. The zero-order chi connectivity index (χ0) is 14.4. The molecule has 0 saturated carbocycles. The number of hydrogen-bond donors (Lipinski definition) is 1. The van der Waals surface area contributed by atoms with E-state index in [1.165, 1.54) is 30.4 Å². The van der Waals surface area contributed by atoms with E-state index in [4.69, 9.17) is 9.84 Å². The van der Waals surface area contributed by atoms with Crippen molar-refractivity contribution in [2.45, 2.75) is 45.6 Å². The first-order valence-electron chi connectivity index (χ1n) is 7.75. The molecule has 3 heteroatoms. The summed E-state index contributed by atoms with van der Waals surface area (Å²) in [5, 5.41) is 9.15. The molecule has 1 unspecified atom stereocenters. The molecule has 1 saturated heterocycles. The maximum atomic E-state index is 9.15. The molecule has 1 aliphatic heterocycles. The molecule has 0 aromatic heterocycles. The number of piperidine rings is 1. The fourth-order valence-electron chi connectivity index (χ4n) is 2.97. The lowest BCUT2D eigenvalue weighted by molar-refractivity contribution is 0.101. The lowest BCUT2D eigenvalue weighted by atomic mass is 10.00. The summed E-state index contributed by atoms with van der Waals surface area (Å²) in [6.07, 6.45) is 4.66. The van der Waals surface area contributed by atoms with Crippen LogP contribution in [0.25, 0.3) is 0 Å². The Labute approximate surface area is 122 Å². The number of nitrogens with zero attached hydrogens (tertiary/aromatic N) is 1. The molecule has 0 bridgehead atoms. The van der Waals surface area contributed by atoms with E-state index >= 15 is 0 Å². The third kappa shape index (κ3) is 4.22. The van der Waals surface area contributed by atoms with Crippen LogP contribution in [-0.2, 0) is 0 Å². The van der Waals surface area contributed by atoms with Crippen LogP contribution < -0.4 is 4.74 Å². The predicted octanol–water partition coefficient (Wildman–Crippen LogP) is 2.92. The Morgan fingerprint density at radius 1 is 1.30 bits per heavy atom. The van der Waals surface area contributed by atoms with Gasteiger partial charge in [0, 0.05) is 19.2 Å². The van der Waals surface area contributed by atoms with E-state index in [0.29, 0.717) is 12.6 Å². The maximum absolute atomic E-state index is 9.15. The fraction of sp³-hybridized carbons (Fsp3) is 0.647. The quantitative estimate of drug-likeness (QED) is 0.868. The van der Waals surface area contributed by atoms with Crippen molar-refractivity contribution in [3.63, 3.8) is 0 Å². The molecule has 112 valence electrons. The van der Waals surface area contributed by atoms with Gasteiger partial charge in [-0.3, -0.25) is 4.90 Å². The number of aryl methyl sites for hydroxylation is 2. The van der Waals surface area contributed by atoms with Gasteiger partial charge in [0.25, 0.3) is 0 Å². The van der Waals surface area contributed by atoms with Gasteiger partial charge in [0.05, 0.1) is 0 Å². The number of hydrogen-bond acceptors (Lipinski definition) is 3. The number of aliphatic hydroxyl groups is 1. The van der Waals surface area contributed by atoms with Crippen molar-refractivity contribution in [3.05, 3.63) is 29.3 Å². The molecule has 20 heavy (non-hydrogen) atoms. The second-order valence-corrected chi connectivity index (χ2v) is 5.82. The van der Waals surface area contributed by atoms with Crippen LogP contribution >= 0.6 is 0 Å². The van der Waals surface area contributed by atoms with Gasteiger partial charge in [-0.1, -0.05) is 18.6 Å². The largest absolute Gasteiger partial charge is 0.492 e. The number of aliphatic hydroxyl groups excluding tert-OH is 1. The van der Waals surface area contributed by atoms with Crippen LogP contribution in [0.2, 0.25) is 0 Å². The van der Waals surface area contributed by atoms with Crippen molar-refractivity contribution in [2.75, 3.05) is 26.3 Å². The van der Waals surface area contributed by atoms with Gasteiger partial charge in [0.15, 0.2) is 0 Å². The maximum Gasteiger partial charge on any atom is 0.122 e. The Morgan fingerprint density at radius 2 is 2.15 bits per heavy atom. The van der Waals surface area contributed by atoms with Gasteiger partial charge in [-0.2, -0.15) is 0 Å². The van der Waals surface area contributed by atoms with Crippen LogP contribution in [0.1, 0.15) is 36.8 Å². The van der Waals surface area contributed by atoms with E-state index in [9.17, 15) is 0 Å². The number of rotatable bonds is 6. The number of benzene rings is 1. The Hall–Kier alpha value is -1.06. The summed E-state index contributed by atoms with van der Waals surface area (Å²) < 4.78 is 5.94. The van der Waals surface area contributed by atoms with Crippen LogP contribution in [0.3, 0.4) is 0 Å². The average molecular weight is 277 g/mol. The highest BCUT2D eigenvalue weighted by molar-refractivity contribution is 5.35. The van der Waals surface area contributed by atoms with Gasteiger partial charge < -0.3 is 9.84 Å². The van der Waals surface area contributed by atoms with Crippen LogP contribution in [0, 0.1) is 13.8 Å². The molecule has 1 fully saturated rings. The molecular formula is C17H27NO2. The van der Waals surface area contributed by atoms with Gasteiger partial charge in [-0.05, 0) is 56.8 Å². The highest BCUT2D eigenvalue weighted by Gasteiger charge is 2.21. The van der Waals surface area contributed by atoms with Crippen LogP contribution in [0.5, 0.6) is 5.75 Å². The molecule has 1 N–H and O–H groups in total. The van der Waals surface area contributed by atoms with Gasteiger partial charge >= 0.3 is 0 Å². The zero-order valence-electron chi connectivity index (χ0n) is 12.8. The number of likely N-dealkylation sites (tertiary alicyclic amines) is 1. The molecule has 1 aromatic rings. The van der Waals surface area contributed by atoms with Crippen LogP contribution in [-0.4, -0.2) is 42.4 Å². The van der Waals surface area contributed by atoms with Crippen LogP contribution in [0.15, 0.2) is 18.2 Å². The topological polar surface area (TPSA) is 32.7 Å². The van der Waals surface area contributed by atoms with E-state index in [1.54, 1.807) is 0 Å². The molecule has 2 rings (SSSR count). The van der Waals surface area contributed by atoms with E-state index < -0.39 is 0 Å². The van der Waals surface area contributed by atoms with Crippen molar-refractivity contribution in [3.8, 4) is 5.75 Å². The third-order valence-corrected chi connectivity index (χ3v) is 4.19. The van der Waals surface area contributed by atoms with E-state index in [0.717, 1.165) is 31.9 Å². The van der Waals surface area contributed by atoms with E-state index in [2.05, 4.69) is 36.9 Å². The van der Waals surface area contributed by atoms with Gasteiger partial charge in [-0.15, -0.1) is 0 Å². The monoisotopic (exact) mass is 277 g/mol. The summed E-state index contributed by atoms with van der Waals surface area (Å²) in [5.41, 5.74) is 2.43. The smallest absolute Gasteiger partial charge is 0.122 e. The first-order valence-corrected chi connectivity index (χ1v) is 7.75. The summed E-state index contributed by atoms with van der Waals surface area (Å²) in [6, 6.07) is 6.87. The molecule has 1 heterocycles. The Balaban J connectivity index is 1.83. The standard InChI is InChI=1S/C17H27NO2/c1-14-6-7-15(2)17(13-14)20-12-10-18-9-4-3-5-16(18)8-11-19/h6-7,13,16,19H,3-5,8-12H2,1-2H3. The lowest BCUT2D eigenvalue weighted by Crippen LogP contribution is -2.42. The molecule has 1 aromatic carbocycles. The SMILES string of the molecule is Cc1ccc(C)c(OCCN2CCCCC2CCO)c1. The van der Waals surface area contributed by atoms with Crippen molar-refractivity contribution in [1.82, 2.24) is 4.90 Å². The highest BCUT2D eigenvalue weighted by Crippen LogP contribution is 2.21. The summed E-state index contributed by atoms with van der Waals surface area (Å²) in [5.74, 6) is 1.00. The van der Waals surface area contributed by atoms with E-state index in [-0.39, 0.29) is 0 Å². The fourth-order valence-corrected chi connectivity index (χ4v) is 2.97. The Morgan fingerprint density at radius 3 is 2.95 bits per heavy atom. The molecular weight excluding hydrogens is 250 g/mol. The predicted molar refractivity (Wildman–Crippen MR) is 82.3 cm³/mol. The summed E-state index contributed by atoms with van der Waals surface area (Å²) >= 11 is 0. The minimum atomic E-state index is 0.291. The first-order chi connectivity index (χ1) is 9.70. The van der Waals surface area contributed by atoms with Crippen molar-refractivity contribution < 1.29 is 9.84 Å². The normalized spacial score (nSPS) is 20.1. The van der Waals surface area contributed by atoms with Gasteiger partial charge in [-0.25, -0.2) is 0 Å². The molecule has 0 aliphatic carbocycles. The van der Waals surface area contributed by atoms with Crippen LogP contribution in [0.4, 0.5) is 0 Å². The summed E-state index contributed by atoms with van der Waals surface area (Å²) in [7, 11) is 0. The highest BCUT2D eigenvalue weighted by atomic mass is 16.5. The molecule has 0 amide bonds. The Bertz CT molecular complexity index is 417. The van der Waals surface area contributed by atoms with Gasteiger partial charge in [0.2, 0.25) is 0 Å². The second kappa shape index (κ2) is 7.65. The molecule has 1 aliphatic rings. The molecule has 3 nitrogen and oxygen atoms in total. The number of ether oxygens (including phenoxy) is 1. The lowest BCUT2D eigenvalue weighted by Gasteiger charge is -2.35. The van der Waals surface area contributed by atoms with Crippen molar-refractivity contribution in [2.24, 2.45) is 0 Å². The summed E-state index contributed by atoms with van der Waals surface area (Å²) in [4.78, 5) is 2.48. The average Bonchev–Trinajstić information content (AvgIpc) is 2.45. The zero-order valence-corrected chi connectivity index (χ0v) is 12.8. The second-order valence-electron chi connectivity index (χ2n) is 5.82. The minimum absolute atomic E-state index is 0.291. The van der Waals surface area contributed by atoms with E-state index in [1.807, 2.05) is 0 Å². The molecule has 1 atom stereocenters. The third-order valence-electron chi connectivity index (χ3n) is 4.19. The first kappa shape index (κ1) is 15.3. The Kier molecular flexibility index (Phi) is 5.86. The van der Waals surface area contributed by atoms with Crippen molar-refractivity contribution in [1.29, 1.82) is 0 Å².